The van der Waals surface area contributed by atoms with Gasteiger partial charge in [0.15, 0.2) is 0 Å². The lowest BCUT2D eigenvalue weighted by atomic mass is 10.1. The molecule has 138 valence electrons. The minimum absolute atomic E-state index is 0. The molecule has 1 aromatic carbocycles. The minimum atomic E-state index is -1.19. The fourth-order valence-corrected chi connectivity index (χ4v) is 1.84. The maximum Gasteiger partial charge on any atom is 0.322 e. The normalized spacial score (nSPS) is 10.8. The molecule has 1 rings (SSSR count). The van der Waals surface area contributed by atoms with Gasteiger partial charge in [0.1, 0.15) is 12.6 Å². The molecule has 0 unspecified atom stereocenters. The van der Waals surface area contributed by atoms with Crippen molar-refractivity contribution in [2.45, 2.75) is 12.5 Å². The van der Waals surface area contributed by atoms with Crippen molar-refractivity contribution in [3.63, 3.8) is 0 Å². The number of hydrogen-bond donors (Lipinski definition) is 5. The fraction of sp³-hybridized carbons (Fsp3) is 0.333. The highest BCUT2D eigenvalue weighted by molar-refractivity contribution is 5.91. The van der Waals surface area contributed by atoms with Gasteiger partial charge < -0.3 is 26.8 Å². The molecule has 6 N–H and O–H groups in total. The van der Waals surface area contributed by atoms with Crippen LogP contribution in [-0.4, -0.2) is 54.5 Å². The average Bonchev–Trinajstić information content (AvgIpc) is 2.57. The van der Waals surface area contributed by atoms with E-state index in [4.69, 9.17) is 10.8 Å². The molecule has 0 saturated carbocycles. The molecule has 0 fully saturated rings. The van der Waals surface area contributed by atoms with Crippen LogP contribution in [0.25, 0.3) is 0 Å². The first-order valence-electron chi connectivity index (χ1n) is 7.22. The first-order chi connectivity index (χ1) is 11.4. The number of amides is 3. The second-order valence-corrected chi connectivity index (χ2v) is 4.90. The average molecular weight is 373 g/mol. The molecule has 1 atom stereocenters. The summed E-state index contributed by atoms with van der Waals surface area (Å²) in [7, 11) is 0. The minimum Gasteiger partial charge on any atom is -0.480 e. The Kier molecular flexibility index (Phi) is 10.6. The van der Waals surface area contributed by atoms with E-state index in [1.807, 2.05) is 6.07 Å². The molecule has 10 heteroatoms. The molecule has 0 aliphatic carbocycles. The fourth-order valence-electron chi connectivity index (χ4n) is 1.84. The summed E-state index contributed by atoms with van der Waals surface area (Å²) in [5.41, 5.74) is 5.91. The van der Waals surface area contributed by atoms with Crippen molar-refractivity contribution in [1.29, 1.82) is 0 Å². The maximum atomic E-state index is 12.1. The summed E-state index contributed by atoms with van der Waals surface area (Å²) < 4.78 is 0. The Bertz CT molecular complexity index is 597. The molecule has 3 amide bonds. The number of carbonyl (C=O) groups is 4. The number of aliphatic carboxylic acids is 1. The van der Waals surface area contributed by atoms with Crippen molar-refractivity contribution in [1.82, 2.24) is 16.0 Å². The monoisotopic (exact) mass is 372 g/mol. The summed E-state index contributed by atoms with van der Waals surface area (Å²) in [6.07, 6.45) is 0.183. The van der Waals surface area contributed by atoms with Crippen LogP contribution in [0.3, 0.4) is 0 Å². The number of carboxylic acid groups (broad SMARTS) is 1. The Hall–Kier alpha value is -2.65. The van der Waals surface area contributed by atoms with Crippen LogP contribution in [0, 0.1) is 0 Å². The van der Waals surface area contributed by atoms with Crippen LogP contribution in [-0.2, 0) is 25.6 Å². The molecule has 0 heterocycles. The SMILES string of the molecule is Cl.NCC(=O)NCC(=O)N[C@@H](Cc1ccccc1)C(=O)NCC(=O)O. The Morgan fingerprint density at radius 3 is 2.20 bits per heavy atom. The molecule has 0 radical (unpaired) electrons. The van der Waals surface area contributed by atoms with Gasteiger partial charge in [-0.25, -0.2) is 0 Å². The molecule has 0 aliphatic heterocycles. The van der Waals surface area contributed by atoms with Gasteiger partial charge in [-0.2, -0.15) is 0 Å². The third-order valence-corrected chi connectivity index (χ3v) is 2.98. The van der Waals surface area contributed by atoms with E-state index in [2.05, 4.69) is 16.0 Å². The highest BCUT2D eigenvalue weighted by Gasteiger charge is 2.21. The van der Waals surface area contributed by atoms with Gasteiger partial charge in [-0.15, -0.1) is 12.4 Å². The van der Waals surface area contributed by atoms with Gasteiger partial charge in [0.05, 0.1) is 13.1 Å². The van der Waals surface area contributed by atoms with E-state index in [1.165, 1.54) is 0 Å². The first-order valence-corrected chi connectivity index (χ1v) is 7.22. The second-order valence-electron chi connectivity index (χ2n) is 4.90. The van der Waals surface area contributed by atoms with Crippen LogP contribution in [0.15, 0.2) is 30.3 Å². The van der Waals surface area contributed by atoms with Crippen molar-refractivity contribution < 1.29 is 24.3 Å². The number of halogens is 1. The zero-order valence-electron chi connectivity index (χ0n) is 13.4. The van der Waals surface area contributed by atoms with Gasteiger partial charge in [-0.1, -0.05) is 30.3 Å². The summed E-state index contributed by atoms with van der Waals surface area (Å²) in [5.74, 6) is -2.90. The zero-order valence-corrected chi connectivity index (χ0v) is 14.2. The Morgan fingerprint density at radius 1 is 1.00 bits per heavy atom. The molecule has 25 heavy (non-hydrogen) atoms. The summed E-state index contributed by atoms with van der Waals surface area (Å²) >= 11 is 0. The van der Waals surface area contributed by atoms with Gasteiger partial charge in [0, 0.05) is 6.42 Å². The largest absolute Gasteiger partial charge is 0.480 e. The molecule has 0 bridgehead atoms. The highest BCUT2D eigenvalue weighted by Crippen LogP contribution is 2.03. The lowest BCUT2D eigenvalue weighted by molar-refractivity contribution is -0.138. The predicted molar refractivity (Wildman–Crippen MR) is 92.0 cm³/mol. The number of benzene rings is 1. The molecular weight excluding hydrogens is 352 g/mol. The third kappa shape index (κ3) is 9.28. The highest BCUT2D eigenvalue weighted by atomic mass is 35.5. The molecule has 0 spiro atoms. The van der Waals surface area contributed by atoms with Crippen molar-refractivity contribution in [3.05, 3.63) is 35.9 Å². The van der Waals surface area contributed by atoms with Gasteiger partial charge >= 0.3 is 5.97 Å². The molecule has 1 aromatic rings. The smallest absolute Gasteiger partial charge is 0.322 e. The second kappa shape index (κ2) is 11.8. The number of carbonyl (C=O) groups excluding carboxylic acids is 3. The van der Waals surface area contributed by atoms with Gasteiger partial charge in [0.25, 0.3) is 0 Å². The Balaban J connectivity index is 0.00000576. The van der Waals surface area contributed by atoms with E-state index < -0.39 is 36.3 Å². The molecule has 0 saturated heterocycles. The van der Waals surface area contributed by atoms with E-state index >= 15 is 0 Å². The van der Waals surface area contributed by atoms with Crippen LogP contribution in [0.1, 0.15) is 5.56 Å². The van der Waals surface area contributed by atoms with Crippen molar-refractivity contribution in [3.8, 4) is 0 Å². The van der Waals surface area contributed by atoms with Crippen LogP contribution in [0.5, 0.6) is 0 Å². The van der Waals surface area contributed by atoms with Crippen molar-refractivity contribution in [2.24, 2.45) is 5.73 Å². The number of carboxylic acids is 1. The number of nitrogens with two attached hydrogens (primary N) is 1. The van der Waals surface area contributed by atoms with E-state index in [0.717, 1.165) is 5.56 Å². The molecule has 9 nitrogen and oxygen atoms in total. The van der Waals surface area contributed by atoms with E-state index in [-0.39, 0.29) is 31.9 Å². The molecule has 0 aliphatic rings. The summed E-state index contributed by atoms with van der Waals surface area (Å²) in [4.78, 5) is 45.5. The standard InChI is InChI=1S/C15H20N4O5.ClH/c16-7-12(20)17-8-13(21)19-11(15(24)18-9-14(22)23)6-10-4-2-1-3-5-10;/h1-5,11H,6-9,16H2,(H,17,20)(H,18,24)(H,19,21)(H,22,23);1H/t11-;/m0./s1. The van der Waals surface area contributed by atoms with Crippen LogP contribution in [0.4, 0.5) is 0 Å². The first kappa shape index (κ1) is 22.4. The third-order valence-electron chi connectivity index (χ3n) is 2.98. The van der Waals surface area contributed by atoms with Crippen molar-refractivity contribution >= 4 is 36.1 Å². The number of nitrogens with one attached hydrogen (secondary N) is 3. The van der Waals surface area contributed by atoms with Crippen LogP contribution < -0.4 is 21.7 Å². The predicted octanol–water partition coefficient (Wildman–Crippen LogP) is -1.59. The molecule has 0 aromatic heterocycles. The molecular formula is C15H21ClN4O5. The van der Waals surface area contributed by atoms with Gasteiger partial charge in [-0.05, 0) is 5.56 Å². The Labute approximate surface area is 150 Å². The Morgan fingerprint density at radius 2 is 1.64 bits per heavy atom. The van der Waals surface area contributed by atoms with Crippen molar-refractivity contribution in [2.75, 3.05) is 19.6 Å². The summed E-state index contributed by atoms with van der Waals surface area (Å²) in [6.45, 7) is -1.13. The lowest BCUT2D eigenvalue weighted by Gasteiger charge is -2.18. The van der Waals surface area contributed by atoms with Crippen LogP contribution in [0.2, 0.25) is 0 Å². The number of rotatable bonds is 9. The van der Waals surface area contributed by atoms with E-state index in [0.29, 0.717) is 0 Å². The van der Waals surface area contributed by atoms with E-state index in [1.54, 1.807) is 24.3 Å². The van der Waals surface area contributed by atoms with Gasteiger partial charge in [-0.3, -0.25) is 19.2 Å². The van der Waals surface area contributed by atoms with Crippen LogP contribution >= 0.6 is 12.4 Å². The maximum absolute atomic E-state index is 12.1. The van der Waals surface area contributed by atoms with E-state index in [9.17, 15) is 19.2 Å². The summed E-state index contributed by atoms with van der Waals surface area (Å²) in [5, 5.41) is 15.6. The quantitative estimate of drug-likeness (QED) is 0.352. The lowest BCUT2D eigenvalue weighted by Crippen LogP contribution is -2.51. The van der Waals surface area contributed by atoms with Gasteiger partial charge in [0.2, 0.25) is 17.7 Å². The number of hydrogen-bond acceptors (Lipinski definition) is 5. The topological polar surface area (TPSA) is 151 Å². The summed E-state index contributed by atoms with van der Waals surface area (Å²) in [6, 6.07) is 7.97. The zero-order chi connectivity index (χ0) is 17.9.